The van der Waals surface area contributed by atoms with Crippen LogP contribution in [0.5, 0.6) is 0 Å². The molecule has 0 bridgehead atoms. The molecular formula is C20H20N4O. The van der Waals surface area contributed by atoms with Crippen LogP contribution in [-0.4, -0.2) is 21.6 Å². The number of hydrogen-bond acceptors (Lipinski definition) is 4. The highest BCUT2D eigenvalue weighted by atomic mass is 16.1. The molecule has 0 unspecified atom stereocenters. The van der Waals surface area contributed by atoms with Crippen molar-refractivity contribution in [2.45, 2.75) is 25.8 Å². The van der Waals surface area contributed by atoms with Crippen molar-refractivity contribution in [2.75, 3.05) is 11.1 Å². The second kappa shape index (κ2) is 6.09. The molecule has 0 spiro atoms. The van der Waals surface area contributed by atoms with Crippen LogP contribution < -0.4 is 11.1 Å². The minimum atomic E-state index is -0.116. The average Bonchev–Trinajstić information content (AvgIpc) is 3.37. The van der Waals surface area contributed by atoms with Gasteiger partial charge in [-0.1, -0.05) is 36.4 Å². The fourth-order valence-corrected chi connectivity index (χ4v) is 2.86. The molecule has 0 aliphatic heterocycles. The van der Waals surface area contributed by atoms with Crippen LogP contribution in [0.4, 0.5) is 11.5 Å². The SMILES string of the molecule is Cc1ccc(NC2CC2)cc1-n1ncc(C(=O)c2ccccc2)c1N. The minimum Gasteiger partial charge on any atom is -0.383 e. The first-order chi connectivity index (χ1) is 12.1. The van der Waals surface area contributed by atoms with Crippen LogP contribution in [-0.2, 0) is 0 Å². The van der Waals surface area contributed by atoms with Crippen LogP contribution in [0, 0.1) is 6.92 Å². The van der Waals surface area contributed by atoms with E-state index in [9.17, 15) is 4.79 Å². The smallest absolute Gasteiger partial charge is 0.198 e. The molecule has 1 fully saturated rings. The van der Waals surface area contributed by atoms with Gasteiger partial charge in [0.15, 0.2) is 5.78 Å². The number of nitrogens with one attached hydrogen (secondary N) is 1. The van der Waals surface area contributed by atoms with E-state index in [0.717, 1.165) is 16.9 Å². The number of anilines is 2. The summed E-state index contributed by atoms with van der Waals surface area (Å²) in [6, 6.07) is 15.8. The van der Waals surface area contributed by atoms with Gasteiger partial charge in [-0.2, -0.15) is 5.10 Å². The summed E-state index contributed by atoms with van der Waals surface area (Å²) < 4.78 is 1.64. The number of hydrogen-bond donors (Lipinski definition) is 2. The maximum Gasteiger partial charge on any atom is 0.198 e. The second-order valence-electron chi connectivity index (χ2n) is 6.47. The molecule has 1 aromatic heterocycles. The summed E-state index contributed by atoms with van der Waals surface area (Å²) in [7, 11) is 0. The Morgan fingerprint density at radius 1 is 1.20 bits per heavy atom. The molecule has 3 N–H and O–H groups in total. The summed E-state index contributed by atoms with van der Waals surface area (Å²) >= 11 is 0. The van der Waals surface area contributed by atoms with Crippen LogP contribution in [0.15, 0.2) is 54.7 Å². The quantitative estimate of drug-likeness (QED) is 0.701. The molecule has 1 heterocycles. The van der Waals surface area contributed by atoms with E-state index in [1.807, 2.05) is 37.3 Å². The summed E-state index contributed by atoms with van der Waals surface area (Å²) in [6.07, 6.45) is 3.97. The summed E-state index contributed by atoms with van der Waals surface area (Å²) in [4.78, 5) is 12.7. The fraction of sp³-hybridized carbons (Fsp3) is 0.200. The Morgan fingerprint density at radius 3 is 2.68 bits per heavy atom. The molecule has 2 aromatic carbocycles. The van der Waals surface area contributed by atoms with Crippen molar-refractivity contribution in [3.05, 3.63) is 71.4 Å². The Bertz CT molecular complexity index is 926. The van der Waals surface area contributed by atoms with Gasteiger partial charge in [-0.3, -0.25) is 4.79 Å². The summed E-state index contributed by atoms with van der Waals surface area (Å²) in [6.45, 7) is 2.01. The molecule has 126 valence electrons. The Labute approximate surface area is 146 Å². The van der Waals surface area contributed by atoms with Crippen molar-refractivity contribution in [1.82, 2.24) is 9.78 Å². The molecule has 0 saturated heterocycles. The van der Waals surface area contributed by atoms with E-state index < -0.39 is 0 Å². The van der Waals surface area contributed by atoms with Crippen molar-refractivity contribution >= 4 is 17.3 Å². The molecule has 25 heavy (non-hydrogen) atoms. The first-order valence-corrected chi connectivity index (χ1v) is 8.44. The van der Waals surface area contributed by atoms with Gasteiger partial charge in [0.05, 0.1) is 17.4 Å². The number of ketones is 1. The number of benzene rings is 2. The number of nitrogens with zero attached hydrogens (tertiary/aromatic N) is 2. The predicted molar refractivity (Wildman–Crippen MR) is 99.2 cm³/mol. The third kappa shape index (κ3) is 3.01. The Hall–Kier alpha value is -3.08. The molecule has 1 aliphatic carbocycles. The van der Waals surface area contributed by atoms with Crippen LogP contribution >= 0.6 is 0 Å². The number of rotatable bonds is 5. The van der Waals surface area contributed by atoms with E-state index in [4.69, 9.17) is 5.73 Å². The third-order valence-electron chi connectivity index (χ3n) is 4.47. The molecule has 1 saturated carbocycles. The van der Waals surface area contributed by atoms with Crippen molar-refractivity contribution in [3.63, 3.8) is 0 Å². The Kier molecular flexibility index (Phi) is 3.76. The highest BCUT2D eigenvalue weighted by Crippen LogP contribution is 2.28. The standard InChI is InChI=1S/C20H20N4O/c1-13-7-8-16(23-15-9-10-15)11-18(13)24-20(21)17(12-22-24)19(25)14-5-3-2-4-6-14/h2-8,11-12,15,23H,9-10,21H2,1H3. The van der Waals surface area contributed by atoms with Crippen LogP contribution in [0.1, 0.15) is 34.3 Å². The molecule has 5 heteroatoms. The number of carbonyl (C=O) groups excluding carboxylic acids is 1. The molecule has 5 nitrogen and oxygen atoms in total. The highest BCUT2D eigenvalue weighted by molar-refractivity contribution is 6.11. The molecule has 3 aromatic rings. The van der Waals surface area contributed by atoms with Gasteiger partial charge >= 0.3 is 0 Å². The first kappa shape index (κ1) is 15.4. The van der Waals surface area contributed by atoms with E-state index >= 15 is 0 Å². The van der Waals surface area contributed by atoms with Crippen molar-refractivity contribution < 1.29 is 4.79 Å². The summed E-state index contributed by atoms with van der Waals surface area (Å²) in [5, 5.41) is 7.85. The monoisotopic (exact) mass is 332 g/mol. The molecule has 1 aliphatic rings. The number of aryl methyl sites for hydroxylation is 1. The maximum absolute atomic E-state index is 12.7. The predicted octanol–water partition coefficient (Wildman–Crippen LogP) is 3.57. The van der Waals surface area contributed by atoms with Gasteiger partial charge in [-0.25, -0.2) is 4.68 Å². The minimum absolute atomic E-state index is 0.116. The van der Waals surface area contributed by atoms with Gasteiger partial charge in [0.1, 0.15) is 5.82 Å². The van der Waals surface area contributed by atoms with Crippen molar-refractivity contribution in [2.24, 2.45) is 0 Å². The molecule has 0 amide bonds. The van der Waals surface area contributed by atoms with Crippen LogP contribution in [0.25, 0.3) is 5.69 Å². The zero-order chi connectivity index (χ0) is 17.4. The number of nitrogen functional groups attached to an aromatic ring is 1. The zero-order valence-electron chi connectivity index (χ0n) is 14.1. The van der Waals surface area contributed by atoms with Gasteiger partial charge in [-0.15, -0.1) is 0 Å². The van der Waals surface area contributed by atoms with E-state index in [2.05, 4.69) is 16.5 Å². The van der Waals surface area contributed by atoms with Crippen LogP contribution in [0.2, 0.25) is 0 Å². The molecular weight excluding hydrogens is 312 g/mol. The molecule has 4 rings (SSSR count). The van der Waals surface area contributed by atoms with Crippen LogP contribution in [0.3, 0.4) is 0 Å². The Balaban J connectivity index is 1.70. The lowest BCUT2D eigenvalue weighted by Crippen LogP contribution is -2.09. The lowest BCUT2D eigenvalue weighted by atomic mass is 10.1. The average molecular weight is 332 g/mol. The van der Waals surface area contributed by atoms with Crippen molar-refractivity contribution in [3.8, 4) is 5.69 Å². The highest BCUT2D eigenvalue weighted by Gasteiger charge is 2.22. The van der Waals surface area contributed by atoms with E-state index in [0.29, 0.717) is 23.0 Å². The van der Waals surface area contributed by atoms with E-state index in [-0.39, 0.29) is 5.78 Å². The summed E-state index contributed by atoms with van der Waals surface area (Å²) in [5.41, 5.74) is 10.3. The lowest BCUT2D eigenvalue weighted by molar-refractivity contribution is 0.103. The maximum atomic E-state index is 12.7. The van der Waals surface area contributed by atoms with Crippen molar-refractivity contribution in [1.29, 1.82) is 0 Å². The summed E-state index contributed by atoms with van der Waals surface area (Å²) in [5.74, 6) is 0.245. The number of nitrogens with two attached hydrogens (primary N) is 1. The Morgan fingerprint density at radius 2 is 1.96 bits per heavy atom. The molecule has 0 atom stereocenters. The third-order valence-corrected chi connectivity index (χ3v) is 4.47. The first-order valence-electron chi connectivity index (χ1n) is 8.44. The van der Waals surface area contributed by atoms with Gasteiger partial charge < -0.3 is 11.1 Å². The zero-order valence-corrected chi connectivity index (χ0v) is 14.1. The van der Waals surface area contributed by atoms with Gasteiger partial charge in [0.2, 0.25) is 0 Å². The fourth-order valence-electron chi connectivity index (χ4n) is 2.86. The van der Waals surface area contributed by atoms with E-state index in [1.165, 1.54) is 12.8 Å². The van der Waals surface area contributed by atoms with E-state index in [1.54, 1.807) is 23.0 Å². The normalized spacial score (nSPS) is 13.6. The molecule has 0 radical (unpaired) electrons. The van der Waals surface area contributed by atoms with Gasteiger partial charge in [-0.05, 0) is 37.5 Å². The second-order valence-corrected chi connectivity index (χ2v) is 6.47. The van der Waals surface area contributed by atoms with Gasteiger partial charge in [0, 0.05) is 17.3 Å². The lowest BCUT2D eigenvalue weighted by Gasteiger charge is -2.12. The number of aromatic nitrogens is 2. The largest absolute Gasteiger partial charge is 0.383 e. The van der Waals surface area contributed by atoms with Gasteiger partial charge in [0.25, 0.3) is 0 Å². The topological polar surface area (TPSA) is 72.9 Å². The number of carbonyl (C=O) groups is 1.